The number of rotatable bonds is 7. The first-order valence-corrected chi connectivity index (χ1v) is 13.6. The number of fused-ring (bicyclic) bond motifs is 1. The summed E-state index contributed by atoms with van der Waals surface area (Å²) < 4.78 is 132. The zero-order chi connectivity index (χ0) is 31.5. The molecule has 1 amide bonds. The molecule has 1 aliphatic heterocycles. The van der Waals surface area contributed by atoms with Crippen LogP contribution in [0, 0.1) is 11.2 Å². The van der Waals surface area contributed by atoms with E-state index in [9.17, 15) is 53.8 Å². The molecule has 0 saturated heterocycles. The van der Waals surface area contributed by atoms with Crippen molar-refractivity contribution in [3.63, 3.8) is 0 Å². The fourth-order valence-electron chi connectivity index (χ4n) is 4.39. The number of amides is 1. The van der Waals surface area contributed by atoms with E-state index in [0.29, 0.717) is 43.1 Å². The lowest BCUT2D eigenvalue weighted by atomic mass is 9.93. The van der Waals surface area contributed by atoms with E-state index in [0.717, 1.165) is 18.2 Å². The van der Waals surface area contributed by atoms with Crippen molar-refractivity contribution < 1.29 is 63.3 Å². The van der Waals surface area contributed by atoms with Gasteiger partial charge in [0.05, 0.1) is 29.1 Å². The number of hydrogen-bond donors (Lipinski definition) is 2. The second-order valence-corrected chi connectivity index (χ2v) is 12.3. The number of anilines is 2. The number of benzene rings is 2. The molecule has 1 atom stereocenters. The van der Waals surface area contributed by atoms with Crippen LogP contribution in [0.2, 0.25) is 0 Å². The lowest BCUT2D eigenvalue weighted by molar-refractivity contribution is -0.242. The third-order valence-corrected chi connectivity index (χ3v) is 8.79. The van der Waals surface area contributed by atoms with Crippen molar-refractivity contribution in [1.29, 1.82) is 0 Å². The molecule has 1 heterocycles. The number of halogens is 7. The number of nitrogens with zero attached hydrogens (tertiary/aromatic N) is 1. The monoisotopic (exact) mass is 628 g/mol. The average Bonchev–Trinajstić information content (AvgIpc) is 3.61. The molecule has 0 radical (unpaired) electrons. The summed E-state index contributed by atoms with van der Waals surface area (Å²) in [6, 6.07) is 4.33. The molecule has 2 aromatic carbocycles. The Morgan fingerprint density at radius 1 is 1.10 bits per heavy atom. The molecular formula is C25H23F7N2O7S. The molecule has 2 aromatic rings. The Morgan fingerprint density at radius 3 is 2.29 bits per heavy atom. The molecule has 0 bridgehead atoms. The first-order chi connectivity index (χ1) is 19.2. The highest BCUT2D eigenvalue weighted by Crippen LogP contribution is 2.55. The van der Waals surface area contributed by atoms with Gasteiger partial charge in [-0.2, -0.15) is 26.3 Å². The maximum atomic E-state index is 13.9. The molecule has 1 aliphatic carbocycles. The van der Waals surface area contributed by atoms with Gasteiger partial charge in [-0.05, 0) is 63.1 Å². The molecule has 2 aliphatic rings. The van der Waals surface area contributed by atoms with Crippen LogP contribution < -0.4 is 14.4 Å². The highest BCUT2D eigenvalue weighted by molar-refractivity contribution is 7.92. The van der Waals surface area contributed by atoms with E-state index in [1.807, 2.05) is 5.32 Å². The van der Waals surface area contributed by atoms with Crippen LogP contribution in [-0.2, 0) is 25.7 Å². The highest BCUT2D eigenvalue weighted by Gasteiger charge is 2.55. The van der Waals surface area contributed by atoms with Crippen molar-refractivity contribution in [1.82, 2.24) is 0 Å². The molecule has 4 rings (SSSR count). The summed E-state index contributed by atoms with van der Waals surface area (Å²) in [6.45, 7) is 0.630. The average molecular weight is 629 g/mol. The Morgan fingerprint density at radius 2 is 1.74 bits per heavy atom. The van der Waals surface area contributed by atoms with Crippen LogP contribution in [0.15, 0.2) is 41.3 Å². The number of carbonyl (C=O) groups excluding carboxylic acids is 1. The molecular weight excluding hydrogens is 605 g/mol. The first kappa shape index (κ1) is 31.2. The van der Waals surface area contributed by atoms with Gasteiger partial charge in [0.25, 0.3) is 10.0 Å². The van der Waals surface area contributed by atoms with Crippen molar-refractivity contribution in [2.75, 3.05) is 16.2 Å². The molecule has 1 saturated carbocycles. The topological polar surface area (TPSA) is 122 Å². The van der Waals surface area contributed by atoms with Gasteiger partial charge in [-0.15, -0.1) is 0 Å². The quantitative estimate of drug-likeness (QED) is 0.364. The van der Waals surface area contributed by atoms with Crippen molar-refractivity contribution in [2.24, 2.45) is 5.41 Å². The molecule has 2 N–H and O–H groups in total. The molecule has 9 nitrogen and oxygen atoms in total. The Hall–Kier alpha value is -3.76. The van der Waals surface area contributed by atoms with Crippen LogP contribution >= 0.6 is 0 Å². The Bertz CT molecular complexity index is 1520. The van der Waals surface area contributed by atoms with Gasteiger partial charge in [-0.1, -0.05) is 0 Å². The zero-order valence-corrected chi connectivity index (χ0v) is 22.6. The molecule has 17 heteroatoms. The summed E-state index contributed by atoms with van der Waals surface area (Å²) >= 11 is 0. The number of sulfonamides is 1. The number of carboxylic acid groups (broad SMARTS) is 1. The Balaban J connectivity index is 1.75. The molecule has 1 fully saturated rings. The van der Waals surface area contributed by atoms with Gasteiger partial charge in [0.1, 0.15) is 17.7 Å². The van der Waals surface area contributed by atoms with E-state index >= 15 is 0 Å². The summed E-state index contributed by atoms with van der Waals surface area (Å²) in [5.74, 6) is -3.07. The lowest BCUT2D eigenvalue weighted by Crippen LogP contribution is -2.48. The highest BCUT2D eigenvalue weighted by atomic mass is 32.2. The van der Waals surface area contributed by atoms with E-state index < -0.39 is 80.8 Å². The van der Waals surface area contributed by atoms with E-state index in [1.165, 1.54) is 0 Å². The third-order valence-electron chi connectivity index (χ3n) is 7.02. The second-order valence-electron chi connectivity index (χ2n) is 10.4. The van der Waals surface area contributed by atoms with Crippen LogP contribution in [-0.4, -0.2) is 50.0 Å². The number of alkyl halides is 6. The minimum Gasteiger partial charge on any atom is -0.486 e. The maximum Gasteiger partial charge on any atom is 0.427 e. The van der Waals surface area contributed by atoms with Crippen molar-refractivity contribution in [3.05, 3.63) is 47.8 Å². The molecule has 42 heavy (non-hydrogen) atoms. The normalized spacial score (nSPS) is 18.5. The predicted molar refractivity (Wildman–Crippen MR) is 131 cm³/mol. The largest absolute Gasteiger partial charge is 0.486 e. The summed E-state index contributed by atoms with van der Waals surface area (Å²) in [7, 11) is -4.92. The summed E-state index contributed by atoms with van der Waals surface area (Å²) in [6.07, 6.45) is -12.5. The number of ether oxygens (including phenoxy) is 2. The summed E-state index contributed by atoms with van der Waals surface area (Å²) in [5, 5.41) is 11.4. The van der Waals surface area contributed by atoms with Crippen LogP contribution in [0.3, 0.4) is 0 Å². The molecule has 230 valence electrons. The van der Waals surface area contributed by atoms with Gasteiger partial charge >= 0.3 is 24.4 Å². The van der Waals surface area contributed by atoms with Crippen LogP contribution in [0.5, 0.6) is 5.75 Å². The fourth-order valence-corrected chi connectivity index (χ4v) is 5.89. The lowest BCUT2D eigenvalue weighted by Gasteiger charge is -2.39. The number of hydrogen-bond acceptors (Lipinski definition) is 6. The number of aliphatic carboxylic acids is 1. The Labute approximate surface area is 234 Å². The number of carbonyl (C=O) groups is 2. The smallest absolute Gasteiger partial charge is 0.427 e. The van der Waals surface area contributed by atoms with Crippen molar-refractivity contribution in [3.8, 4) is 5.75 Å². The van der Waals surface area contributed by atoms with Gasteiger partial charge < -0.3 is 14.6 Å². The standard InChI is InChI=1S/C25H23F7N2O7S/c1-22(2,25(30,31)32)41-21(37)33-13-3-6-18-17(9-13)34(12-19(40-18)23(7-8-23)11-20(35)36)42(38,39)14-4-5-16(26)15(10-14)24(27,28)29/h3-6,9-10,19H,7-8,11-12H2,1-2H3,(H,33,37)(H,35,36)/t19-/m1/s1. The van der Waals surface area contributed by atoms with Crippen LogP contribution in [0.4, 0.5) is 46.9 Å². The summed E-state index contributed by atoms with van der Waals surface area (Å²) in [5.41, 5.74) is -6.31. The predicted octanol–water partition coefficient (Wildman–Crippen LogP) is 5.95. The third kappa shape index (κ3) is 6.05. The van der Waals surface area contributed by atoms with Gasteiger partial charge in [0.15, 0.2) is 0 Å². The molecule has 0 aromatic heterocycles. The van der Waals surface area contributed by atoms with E-state index in [-0.39, 0.29) is 23.2 Å². The molecule has 0 spiro atoms. The van der Waals surface area contributed by atoms with Gasteiger partial charge in [0, 0.05) is 11.1 Å². The molecule has 0 unspecified atom stereocenters. The van der Waals surface area contributed by atoms with Crippen LogP contribution in [0.1, 0.15) is 38.7 Å². The van der Waals surface area contributed by atoms with Crippen LogP contribution in [0.25, 0.3) is 0 Å². The van der Waals surface area contributed by atoms with Crippen molar-refractivity contribution in [2.45, 2.75) is 62.1 Å². The summed E-state index contributed by atoms with van der Waals surface area (Å²) in [4.78, 5) is 22.7. The number of nitrogens with one attached hydrogen (secondary N) is 1. The van der Waals surface area contributed by atoms with Gasteiger partial charge in [0.2, 0.25) is 5.60 Å². The van der Waals surface area contributed by atoms with E-state index in [4.69, 9.17) is 4.74 Å². The minimum absolute atomic E-state index is 0.109. The minimum atomic E-state index is -5.23. The second kappa shape index (κ2) is 10.2. The number of carboxylic acids is 1. The van der Waals surface area contributed by atoms with Gasteiger partial charge in [-0.25, -0.2) is 17.6 Å². The van der Waals surface area contributed by atoms with E-state index in [1.54, 1.807) is 0 Å². The first-order valence-electron chi connectivity index (χ1n) is 12.1. The fraction of sp³-hybridized carbons (Fsp3) is 0.440. The van der Waals surface area contributed by atoms with E-state index in [2.05, 4.69) is 4.74 Å². The Kier molecular flexibility index (Phi) is 7.57. The maximum absolute atomic E-state index is 13.9. The zero-order valence-electron chi connectivity index (χ0n) is 21.8. The SMILES string of the molecule is CC(C)(OC(=O)Nc1ccc2c(c1)N(S(=O)(=O)c1ccc(F)c(C(F)(F)F)c1)C[C@H](C1(CC(=O)O)CC1)O2)C(F)(F)F. The van der Waals surface area contributed by atoms with Crippen molar-refractivity contribution >= 4 is 33.5 Å². The van der Waals surface area contributed by atoms with Gasteiger partial charge in [-0.3, -0.25) is 14.4 Å².